The van der Waals surface area contributed by atoms with E-state index in [9.17, 15) is 9.90 Å². The van der Waals surface area contributed by atoms with Crippen molar-refractivity contribution in [3.8, 4) is 11.5 Å². The Labute approximate surface area is 227 Å². The molecule has 0 saturated carbocycles. The number of hydrogen-bond acceptors (Lipinski definition) is 5. The molecule has 3 N–H and O–H groups in total. The summed E-state index contributed by atoms with van der Waals surface area (Å²) in [6.07, 6.45) is 3.72. The molecule has 0 amide bonds. The molecular weight excluding hydrogens is 488 g/mol. The number of aromatic nitrogens is 1. The average molecular weight is 517 g/mol. The molecule has 0 aliphatic rings. The second-order valence-electron chi connectivity index (χ2n) is 9.12. The number of rotatable bonds is 10. The van der Waals surface area contributed by atoms with Crippen molar-refractivity contribution in [3.63, 3.8) is 0 Å². The molecule has 194 valence electrons. The van der Waals surface area contributed by atoms with Gasteiger partial charge in [0.25, 0.3) is 0 Å². The smallest absolute Gasteiger partial charge is 0.335 e. The maximum atomic E-state index is 11.3. The van der Waals surface area contributed by atoms with E-state index < -0.39 is 12.0 Å². The van der Waals surface area contributed by atoms with Crippen LogP contribution in [0.25, 0.3) is 17.0 Å². The van der Waals surface area contributed by atoms with E-state index in [2.05, 4.69) is 4.98 Å². The highest BCUT2D eigenvalue weighted by Gasteiger charge is 2.15. The molecular formula is C33H28N2O4. The third kappa shape index (κ3) is 6.69. The molecule has 0 aliphatic carbocycles. The van der Waals surface area contributed by atoms with Gasteiger partial charge >= 0.3 is 5.97 Å². The van der Waals surface area contributed by atoms with Crippen LogP contribution in [0.15, 0.2) is 121 Å². The van der Waals surface area contributed by atoms with Gasteiger partial charge in [0, 0.05) is 11.6 Å². The number of hydrogen-bond donors (Lipinski definition) is 2. The summed E-state index contributed by atoms with van der Waals surface area (Å²) in [6.45, 7) is 0.724. The molecule has 0 spiro atoms. The van der Waals surface area contributed by atoms with E-state index in [0.29, 0.717) is 12.4 Å². The maximum Gasteiger partial charge on any atom is 0.335 e. The molecule has 1 heterocycles. The van der Waals surface area contributed by atoms with Crippen LogP contribution in [0.4, 0.5) is 0 Å². The lowest BCUT2D eigenvalue weighted by molar-refractivity contribution is 0.0697. The third-order valence-corrected chi connectivity index (χ3v) is 6.36. The number of fused-ring (bicyclic) bond motifs is 1. The Morgan fingerprint density at radius 1 is 0.846 bits per heavy atom. The van der Waals surface area contributed by atoms with E-state index in [4.69, 9.17) is 15.2 Å². The van der Waals surface area contributed by atoms with E-state index in [1.807, 2.05) is 91.0 Å². The number of pyridine rings is 1. The van der Waals surface area contributed by atoms with Gasteiger partial charge in [-0.2, -0.15) is 0 Å². The predicted octanol–water partition coefficient (Wildman–Crippen LogP) is 6.67. The van der Waals surface area contributed by atoms with Crippen molar-refractivity contribution in [2.75, 3.05) is 6.61 Å². The van der Waals surface area contributed by atoms with Crippen molar-refractivity contribution in [2.45, 2.75) is 12.6 Å². The van der Waals surface area contributed by atoms with Gasteiger partial charge in [0.1, 0.15) is 24.7 Å². The number of carboxylic acid groups (broad SMARTS) is 1. The van der Waals surface area contributed by atoms with Gasteiger partial charge in [-0.05, 0) is 70.8 Å². The summed E-state index contributed by atoms with van der Waals surface area (Å²) in [5.41, 5.74) is 11.5. The van der Waals surface area contributed by atoms with Crippen LogP contribution in [0.1, 0.15) is 33.1 Å². The maximum absolute atomic E-state index is 11.3. The van der Waals surface area contributed by atoms with Gasteiger partial charge in [-0.25, -0.2) is 4.79 Å². The number of carboxylic acids is 1. The Balaban J connectivity index is 1.34. The predicted molar refractivity (Wildman–Crippen MR) is 153 cm³/mol. The molecule has 39 heavy (non-hydrogen) atoms. The van der Waals surface area contributed by atoms with E-state index in [1.54, 1.807) is 30.5 Å². The first-order valence-corrected chi connectivity index (χ1v) is 12.6. The number of benzene rings is 4. The van der Waals surface area contributed by atoms with Crippen molar-refractivity contribution in [1.82, 2.24) is 4.98 Å². The van der Waals surface area contributed by atoms with Crippen molar-refractivity contribution in [2.24, 2.45) is 5.73 Å². The lowest BCUT2D eigenvalue weighted by Gasteiger charge is -2.18. The summed E-state index contributed by atoms with van der Waals surface area (Å²) in [4.78, 5) is 15.8. The highest BCUT2D eigenvalue weighted by molar-refractivity contribution is 5.87. The fourth-order valence-electron chi connectivity index (χ4n) is 4.17. The van der Waals surface area contributed by atoms with Crippen LogP contribution in [0.5, 0.6) is 11.5 Å². The molecule has 1 aromatic heterocycles. The molecule has 0 fully saturated rings. The fraction of sp³-hybridized carbons (Fsp3) is 0.0909. The van der Waals surface area contributed by atoms with E-state index >= 15 is 0 Å². The second kappa shape index (κ2) is 12.1. The highest BCUT2D eigenvalue weighted by Crippen LogP contribution is 2.26. The molecule has 1 atom stereocenters. The van der Waals surface area contributed by atoms with Crippen molar-refractivity contribution in [3.05, 3.63) is 143 Å². The zero-order chi connectivity index (χ0) is 27.0. The van der Waals surface area contributed by atoms with E-state index in [-0.39, 0.29) is 12.2 Å². The first-order chi connectivity index (χ1) is 19.0. The molecule has 5 aromatic rings. The first-order valence-electron chi connectivity index (χ1n) is 12.6. The largest absolute Gasteiger partial charge is 0.489 e. The summed E-state index contributed by atoms with van der Waals surface area (Å²) >= 11 is 0. The molecule has 1 unspecified atom stereocenters. The Kier molecular flexibility index (Phi) is 7.95. The van der Waals surface area contributed by atoms with Crippen molar-refractivity contribution in [1.29, 1.82) is 0 Å². The number of aromatic carboxylic acids is 1. The molecule has 0 radical (unpaired) electrons. The minimum atomic E-state index is -0.968. The Hall–Kier alpha value is -4.94. The number of nitrogens with zero attached hydrogens (tertiary/aromatic N) is 1. The topological polar surface area (TPSA) is 94.7 Å². The number of ether oxygens (including phenoxy) is 2. The third-order valence-electron chi connectivity index (χ3n) is 6.36. The summed E-state index contributed by atoms with van der Waals surface area (Å²) in [6, 6.07) is 33.6. The van der Waals surface area contributed by atoms with Gasteiger partial charge in [-0.3, -0.25) is 4.98 Å². The zero-order valence-electron chi connectivity index (χ0n) is 21.2. The summed E-state index contributed by atoms with van der Waals surface area (Å²) in [7, 11) is 0. The number of carbonyl (C=O) groups is 1. The van der Waals surface area contributed by atoms with Crippen molar-refractivity contribution < 1.29 is 19.4 Å². The van der Waals surface area contributed by atoms with Crippen LogP contribution in [0, 0.1) is 0 Å². The summed E-state index contributed by atoms with van der Waals surface area (Å²) < 4.78 is 12.0. The Morgan fingerprint density at radius 2 is 1.51 bits per heavy atom. The zero-order valence-corrected chi connectivity index (χ0v) is 21.2. The molecule has 5 rings (SSSR count). The molecule has 0 aliphatic heterocycles. The van der Waals surface area contributed by atoms with Gasteiger partial charge in [-0.1, -0.05) is 66.7 Å². The number of para-hydroxylation sites is 1. The van der Waals surface area contributed by atoms with Gasteiger partial charge in [0.15, 0.2) is 0 Å². The van der Waals surface area contributed by atoms with Crippen molar-refractivity contribution >= 4 is 22.9 Å². The SMILES string of the molecule is NC(/C(=C\c1ccc(C(=O)O)cc1)COc1ccc(OCc2ccccc2)cc1)c1cnc2ccccc2c1. The van der Waals surface area contributed by atoms with Gasteiger partial charge in [-0.15, -0.1) is 0 Å². The van der Waals surface area contributed by atoms with Crippen LogP contribution in [0.3, 0.4) is 0 Å². The highest BCUT2D eigenvalue weighted by atomic mass is 16.5. The molecule has 0 saturated heterocycles. The minimum absolute atomic E-state index is 0.225. The lowest BCUT2D eigenvalue weighted by atomic mass is 9.97. The van der Waals surface area contributed by atoms with Gasteiger partial charge in [0.05, 0.1) is 17.1 Å². The number of nitrogens with two attached hydrogens (primary N) is 1. The molecule has 6 nitrogen and oxygen atoms in total. The van der Waals surface area contributed by atoms with Crippen LogP contribution in [-0.4, -0.2) is 22.7 Å². The monoisotopic (exact) mass is 516 g/mol. The van der Waals surface area contributed by atoms with E-state index in [1.165, 1.54) is 0 Å². The Bertz CT molecular complexity index is 1580. The van der Waals surface area contributed by atoms with Gasteiger partial charge < -0.3 is 20.3 Å². The molecule has 0 bridgehead atoms. The van der Waals surface area contributed by atoms with Crippen LogP contribution in [-0.2, 0) is 6.61 Å². The van der Waals surface area contributed by atoms with Crippen LogP contribution >= 0.6 is 0 Å². The molecule has 6 heteroatoms. The van der Waals surface area contributed by atoms with Crippen LogP contribution in [0.2, 0.25) is 0 Å². The summed E-state index contributed by atoms with van der Waals surface area (Å²) in [5.74, 6) is 0.460. The normalized spacial score (nSPS) is 12.2. The van der Waals surface area contributed by atoms with Crippen LogP contribution < -0.4 is 15.2 Å². The molecule has 4 aromatic carbocycles. The first kappa shape index (κ1) is 25.7. The van der Waals surface area contributed by atoms with E-state index in [0.717, 1.165) is 38.9 Å². The quantitative estimate of drug-likeness (QED) is 0.215. The summed E-state index contributed by atoms with van der Waals surface area (Å²) in [5, 5.41) is 10.2. The fourth-order valence-corrected chi connectivity index (χ4v) is 4.17. The standard InChI is InChI=1S/C33H28N2O4/c34-32(27-19-26-8-4-5-9-31(26)35-20-27)28(18-23-10-12-25(13-11-23)33(36)37)22-39-30-16-14-29(15-17-30)38-21-24-6-2-1-3-7-24/h1-20,32H,21-22,34H2,(H,36,37)/b28-18-. The average Bonchev–Trinajstić information content (AvgIpc) is 2.99. The Morgan fingerprint density at radius 3 is 2.23 bits per heavy atom. The van der Waals surface area contributed by atoms with Gasteiger partial charge in [0.2, 0.25) is 0 Å². The lowest BCUT2D eigenvalue weighted by Crippen LogP contribution is -2.18. The minimum Gasteiger partial charge on any atom is -0.489 e. The second-order valence-corrected chi connectivity index (χ2v) is 9.12.